The number of hydrogen-bond acceptors (Lipinski definition) is 3. The maximum absolute atomic E-state index is 12.3. The molecule has 0 radical (unpaired) electrons. The van der Waals surface area contributed by atoms with E-state index < -0.39 is 16.5 Å². The molecule has 0 atom stereocenters. The molecular weight excluding hydrogens is 300 g/mol. The van der Waals surface area contributed by atoms with Crippen LogP contribution in [0.1, 0.15) is 41.5 Å². The fourth-order valence-corrected chi connectivity index (χ4v) is 4.29. The molecule has 0 N–H and O–H groups in total. The maximum Gasteiger partial charge on any atom is 0.347 e. The van der Waals surface area contributed by atoms with Gasteiger partial charge in [-0.25, -0.2) is 8.97 Å². The van der Waals surface area contributed by atoms with Crippen LogP contribution in [0.4, 0.5) is 0 Å². The Morgan fingerprint density at radius 3 is 1.41 bits per heavy atom. The quantitative estimate of drug-likeness (QED) is 0.238. The average Bonchev–Trinajstić information content (AvgIpc) is 2.51. The number of rotatable bonds is 12. The summed E-state index contributed by atoms with van der Waals surface area (Å²) in [5.74, 6) is -0.141. The highest BCUT2D eigenvalue weighted by Crippen LogP contribution is 2.27. The smallest absolute Gasteiger partial charge is 0.248 e. The number of hydrogen-bond donors (Lipinski definition) is 0. The molecular formula is C16H36N2O3S+2. The molecule has 22 heavy (non-hydrogen) atoms. The molecule has 132 valence electrons. The van der Waals surface area contributed by atoms with Crippen molar-refractivity contribution < 1.29 is 21.6 Å². The van der Waals surface area contributed by atoms with Gasteiger partial charge in [0.05, 0.1) is 45.0 Å². The van der Waals surface area contributed by atoms with Crippen molar-refractivity contribution in [2.45, 2.75) is 47.9 Å². The lowest BCUT2D eigenvalue weighted by atomic mass is 10.2. The highest BCUT2D eigenvalue weighted by molar-refractivity contribution is 7.86. The van der Waals surface area contributed by atoms with Gasteiger partial charge in [0.15, 0.2) is 0 Å². The van der Waals surface area contributed by atoms with Crippen LogP contribution < -0.4 is 0 Å². The van der Waals surface area contributed by atoms with E-state index in [1.54, 1.807) is 0 Å². The largest absolute Gasteiger partial charge is 0.347 e. The molecule has 5 nitrogen and oxygen atoms in total. The highest BCUT2D eigenvalue weighted by atomic mass is 32.2. The third-order valence-corrected chi connectivity index (χ3v) is 6.38. The SMILES string of the molecule is C=CCS(=O)(=O)OC([N+](CC)(CC)CC)[N+](CC)(CC)CC. The summed E-state index contributed by atoms with van der Waals surface area (Å²) in [4.78, 5) is 0. The third-order valence-electron chi connectivity index (χ3n) is 5.27. The minimum atomic E-state index is -3.61. The van der Waals surface area contributed by atoms with Crippen molar-refractivity contribution in [3.63, 3.8) is 0 Å². The van der Waals surface area contributed by atoms with Gasteiger partial charge < -0.3 is 0 Å². The average molecular weight is 337 g/mol. The van der Waals surface area contributed by atoms with Crippen LogP contribution in [0.3, 0.4) is 0 Å². The summed E-state index contributed by atoms with van der Waals surface area (Å²) in [5.41, 5.74) is 0. The first-order valence-corrected chi connectivity index (χ1v) is 10.1. The van der Waals surface area contributed by atoms with Crippen LogP contribution in [0.5, 0.6) is 0 Å². The molecule has 0 spiro atoms. The molecule has 0 bridgehead atoms. The van der Waals surface area contributed by atoms with E-state index >= 15 is 0 Å². The summed E-state index contributed by atoms with van der Waals surface area (Å²) in [6.07, 6.45) is 0.994. The van der Waals surface area contributed by atoms with Gasteiger partial charge in [0.25, 0.3) is 10.1 Å². The lowest BCUT2D eigenvalue weighted by Gasteiger charge is -2.50. The summed E-state index contributed by atoms with van der Waals surface area (Å²) in [5, 5.41) is 0. The van der Waals surface area contributed by atoms with E-state index in [1.165, 1.54) is 6.08 Å². The van der Waals surface area contributed by atoms with E-state index in [1.807, 2.05) is 0 Å². The summed E-state index contributed by atoms with van der Waals surface area (Å²) in [7, 11) is -3.61. The number of quaternary nitrogens is 2. The molecule has 6 heteroatoms. The molecule has 0 unspecified atom stereocenters. The first-order chi connectivity index (χ1) is 10.3. The van der Waals surface area contributed by atoms with Gasteiger partial charge in [-0.1, -0.05) is 6.08 Å². The monoisotopic (exact) mass is 336 g/mol. The van der Waals surface area contributed by atoms with Gasteiger partial charge in [-0.05, 0) is 41.5 Å². The van der Waals surface area contributed by atoms with Crippen LogP contribution in [0.15, 0.2) is 12.7 Å². The van der Waals surface area contributed by atoms with Crippen molar-refractivity contribution in [1.29, 1.82) is 0 Å². The molecule has 0 aliphatic rings. The van der Waals surface area contributed by atoms with Crippen LogP contribution >= 0.6 is 0 Å². The fraction of sp³-hybridized carbons (Fsp3) is 0.875. The highest BCUT2D eigenvalue weighted by Gasteiger charge is 2.50. The second-order valence-corrected chi connectivity index (χ2v) is 7.41. The molecule has 0 saturated carbocycles. The molecule has 0 rings (SSSR count). The van der Waals surface area contributed by atoms with Gasteiger partial charge in [0.2, 0.25) is 0 Å². The van der Waals surface area contributed by atoms with Crippen molar-refractivity contribution in [1.82, 2.24) is 0 Å². The molecule has 0 aromatic rings. The van der Waals surface area contributed by atoms with Crippen molar-refractivity contribution in [2.75, 3.05) is 45.0 Å². The van der Waals surface area contributed by atoms with Crippen LogP contribution in [0, 0.1) is 0 Å². The minimum Gasteiger partial charge on any atom is -0.248 e. The Kier molecular flexibility index (Phi) is 8.83. The van der Waals surface area contributed by atoms with Crippen LogP contribution in [0.2, 0.25) is 0 Å². The molecule has 0 saturated heterocycles. The van der Waals surface area contributed by atoms with Gasteiger partial charge >= 0.3 is 6.35 Å². The van der Waals surface area contributed by atoms with Gasteiger partial charge in [-0.3, -0.25) is 0 Å². The molecule has 0 aliphatic carbocycles. The first-order valence-electron chi connectivity index (χ1n) is 8.50. The fourth-order valence-electron chi connectivity index (χ4n) is 3.30. The van der Waals surface area contributed by atoms with E-state index in [0.717, 1.165) is 39.3 Å². The lowest BCUT2D eigenvalue weighted by Crippen LogP contribution is -2.71. The molecule has 0 amide bonds. The first kappa shape index (κ1) is 21.6. The van der Waals surface area contributed by atoms with Gasteiger partial charge in [0, 0.05) is 0 Å². The van der Waals surface area contributed by atoms with E-state index in [4.69, 9.17) is 4.18 Å². The Balaban J connectivity index is 6.02. The zero-order chi connectivity index (χ0) is 17.4. The predicted molar refractivity (Wildman–Crippen MR) is 92.6 cm³/mol. The number of nitrogens with zero attached hydrogens (tertiary/aromatic N) is 2. The Hall–Kier alpha value is -0.430. The maximum atomic E-state index is 12.3. The summed E-state index contributed by atoms with van der Waals surface area (Å²) in [6.45, 7) is 21.3. The zero-order valence-corrected chi connectivity index (χ0v) is 16.2. The second kappa shape index (κ2) is 9.01. The van der Waals surface area contributed by atoms with Gasteiger partial charge in [-0.2, -0.15) is 12.6 Å². The molecule has 0 aromatic carbocycles. The third kappa shape index (κ3) is 4.54. The lowest BCUT2D eigenvalue weighted by molar-refractivity contribution is -1.15. The van der Waals surface area contributed by atoms with Crippen LogP contribution in [-0.2, 0) is 14.3 Å². The van der Waals surface area contributed by atoms with Crippen molar-refractivity contribution in [2.24, 2.45) is 0 Å². The predicted octanol–water partition coefficient (Wildman–Crippen LogP) is 2.56. The Bertz CT molecular complexity index is 390. The van der Waals surface area contributed by atoms with Gasteiger partial charge in [0.1, 0.15) is 0 Å². The van der Waals surface area contributed by atoms with E-state index in [0.29, 0.717) is 8.97 Å². The summed E-state index contributed by atoms with van der Waals surface area (Å²) < 4.78 is 31.7. The zero-order valence-electron chi connectivity index (χ0n) is 15.3. The summed E-state index contributed by atoms with van der Waals surface area (Å²) >= 11 is 0. The molecule has 0 fully saturated rings. The molecule has 0 aromatic heterocycles. The second-order valence-electron chi connectivity index (χ2n) is 5.77. The minimum absolute atomic E-state index is 0.141. The van der Waals surface area contributed by atoms with Crippen molar-refractivity contribution in [3.8, 4) is 0 Å². The topological polar surface area (TPSA) is 43.4 Å². The Morgan fingerprint density at radius 2 is 1.18 bits per heavy atom. The van der Waals surface area contributed by atoms with Crippen molar-refractivity contribution >= 4 is 10.1 Å². The molecule has 0 aliphatic heterocycles. The summed E-state index contributed by atoms with van der Waals surface area (Å²) in [6, 6.07) is 0. The Labute approximate surface area is 137 Å². The molecule has 0 heterocycles. The van der Waals surface area contributed by atoms with Crippen LogP contribution in [-0.4, -0.2) is 68.8 Å². The van der Waals surface area contributed by atoms with Crippen LogP contribution in [0.25, 0.3) is 0 Å². The normalized spacial score (nSPS) is 13.6. The van der Waals surface area contributed by atoms with Gasteiger partial charge in [-0.15, -0.1) is 6.58 Å². The van der Waals surface area contributed by atoms with E-state index in [-0.39, 0.29) is 5.75 Å². The Morgan fingerprint density at radius 1 is 0.864 bits per heavy atom. The van der Waals surface area contributed by atoms with E-state index in [2.05, 4.69) is 48.1 Å². The standard InChI is InChI=1S/C16H36N2O3S/c1-8-15-22(19,20)21-16(17(9-2,10-3)11-4)18(12-5,13-6)14-7/h8,16H,1,9-15H2,2-7H3/q+2. The van der Waals surface area contributed by atoms with Crippen molar-refractivity contribution in [3.05, 3.63) is 12.7 Å². The van der Waals surface area contributed by atoms with E-state index in [9.17, 15) is 8.42 Å².